The molecule has 0 atom stereocenters. The molecular formula is C15H16N3O. The van der Waals surface area contributed by atoms with Crippen LogP contribution in [0.3, 0.4) is 0 Å². The number of rotatable bonds is 1. The number of para-hydroxylation sites is 2. The van der Waals surface area contributed by atoms with Crippen LogP contribution in [0.1, 0.15) is 23.3 Å². The van der Waals surface area contributed by atoms with Crippen molar-refractivity contribution in [3.63, 3.8) is 0 Å². The maximum Gasteiger partial charge on any atom is 0.274 e. The van der Waals surface area contributed by atoms with Gasteiger partial charge in [0.15, 0.2) is 0 Å². The van der Waals surface area contributed by atoms with Crippen LogP contribution in [-0.2, 0) is 0 Å². The molecule has 4 nitrogen and oxygen atoms in total. The smallest absolute Gasteiger partial charge is 0.274 e. The standard InChI is InChI=1S/C15H16N3O/c1-11-6-8-18(9-7-11)15(19)14-10-16-12-4-2-3-5-13(12)17-14/h2-5,10-11H,1,6-9H2. The van der Waals surface area contributed by atoms with E-state index >= 15 is 0 Å². The van der Waals surface area contributed by atoms with Crippen molar-refractivity contribution in [3.8, 4) is 0 Å². The maximum absolute atomic E-state index is 12.4. The van der Waals surface area contributed by atoms with Crippen molar-refractivity contribution in [2.75, 3.05) is 13.1 Å². The Morgan fingerprint density at radius 2 is 1.89 bits per heavy atom. The van der Waals surface area contributed by atoms with Gasteiger partial charge in [-0.2, -0.15) is 0 Å². The molecule has 97 valence electrons. The van der Waals surface area contributed by atoms with Crippen LogP contribution in [-0.4, -0.2) is 33.9 Å². The third kappa shape index (κ3) is 2.43. The van der Waals surface area contributed by atoms with Crippen LogP contribution in [0, 0.1) is 12.8 Å². The predicted molar refractivity (Wildman–Crippen MR) is 73.5 cm³/mol. The molecule has 2 aromatic rings. The Labute approximate surface area is 112 Å². The second kappa shape index (κ2) is 4.96. The van der Waals surface area contributed by atoms with Crippen molar-refractivity contribution in [1.29, 1.82) is 0 Å². The molecule has 0 unspecified atom stereocenters. The molecule has 19 heavy (non-hydrogen) atoms. The molecule has 1 amide bonds. The largest absolute Gasteiger partial charge is 0.337 e. The summed E-state index contributed by atoms with van der Waals surface area (Å²) in [7, 11) is 0. The van der Waals surface area contributed by atoms with Gasteiger partial charge in [0.2, 0.25) is 0 Å². The summed E-state index contributed by atoms with van der Waals surface area (Å²) in [4.78, 5) is 22.9. The van der Waals surface area contributed by atoms with Gasteiger partial charge in [0.1, 0.15) is 5.69 Å². The van der Waals surface area contributed by atoms with Crippen molar-refractivity contribution in [2.45, 2.75) is 12.8 Å². The van der Waals surface area contributed by atoms with Gasteiger partial charge in [-0.05, 0) is 30.9 Å². The van der Waals surface area contributed by atoms with Crippen molar-refractivity contribution in [1.82, 2.24) is 14.9 Å². The van der Waals surface area contributed by atoms with Gasteiger partial charge in [0.25, 0.3) is 5.91 Å². The number of carbonyl (C=O) groups is 1. The van der Waals surface area contributed by atoms with Crippen molar-refractivity contribution in [2.24, 2.45) is 5.92 Å². The third-order valence-corrected chi connectivity index (χ3v) is 3.57. The summed E-state index contributed by atoms with van der Waals surface area (Å²) in [6, 6.07) is 7.59. The monoisotopic (exact) mass is 254 g/mol. The first-order valence-electron chi connectivity index (χ1n) is 6.58. The van der Waals surface area contributed by atoms with Gasteiger partial charge in [0.05, 0.1) is 17.2 Å². The molecule has 1 aromatic heterocycles. The van der Waals surface area contributed by atoms with Gasteiger partial charge < -0.3 is 4.90 Å². The summed E-state index contributed by atoms with van der Waals surface area (Å²) in [5, 5.41) is 0. The number of hydrogen-bond acceptors (Lipinski definition) is 3. The average Bonchev–Trinajstić information content (AvgIpc) is 2.47. The van der Waals surface area contributed by atoms with Crippen LogP contribution in [0.2, 0.25) is 0 Å². The first-order valence-corrected chi connectivity index (χ1v) is 6.58. The number of carbonyl (C=O) groups excluding carboxylic acids is 1. The molecule has 1 aliphatic rings. The summed E-state index contributed by atoms with van der Waals surface area (Å²) in [5.41, 5.74) is 2.01. The fourth-order valence-electron chi connectivity index (χ4n) is 2.36. The zero-order chi connectivity index (χ0) is 13.2. The quantitative estimate of drug-likeness (QED) is 0.784. The zero-order valence-electron chi connectivity index (χ0n) is 10.7. The SMILES string of the molecule is [CH2]C1CCN(C(=O)c2cnc3ccccc3n2)CC1. The molecule has 1 aromatic carbocycles. The van der Waals surface area contributed by atoms with Gasteiger partial charge >= 0.3 is 0 Å². The Hall–Kier alpha value is -1.97. The first kappa shape index (κ1) is 12.1. The fourth-order valence-corrected chi connectivity index (χ4v) is 2.36. The number of fused-ring (bicyclic) bond motifs is 1. The molecule has 0 saturated carbocycles. The Bertz CT molecular complexity index is 603. The number of likely N-dealkylation sites (tertiary alicyclic amines) is 1. The lowest BCUT2D eigenvalue weighted by molar-refractivity contribution is 0.0699. The number of hydrogen-bond donors (Lipinski definition) is 0. The highest BCUT2D eigenvalue weighted by Gasteiger charge is 2.22. The van der Waals surface area contributed by atoms with E-state index in [4.69, 9.17) is 0 Å². The van der Waals surface area contributed by atoms with Gasteiger partial charge in [0, 0.05) is 13.1 Å². The van der Waals surface area contributed by atoms with Crippen LogP contribution >= 0.6 is 0 Å². The Morgan fingerprint density at radius 3 is 2.63 bits per heavy atom. The Balaban J connectivity index is 1.85. The molecule has 3 rings (SSSR count). The average molecular weight is 254 g/mol. The van der Waals surface area contributed by atoms with E-state index in [2.05, 4.69) is 16.9 Å². The number of nitrogens with zero attached hydrogens (tertiary/aromatic N) is 3. The van der Waals surface area contributed by atoms with E-state index in [1.165, 1.54) is 0 Å². The van der Waals surface area contributed by atoms with Gasteiger partial charge in [-0.15, -0.1) is 0 Å². The second-order valence-corrected chi connectivity index (χ2v) is 4.98. The van der Waals surface area contributed by atoms with Crippen molar-refractivity contribution >= 4 is 16.9 Å². The molecule has 0 bridgehead atoms. The molecule has 0 spiro atoms. The summed E-state index contributed by atoms with van der Waals surface area (Å²) >= 11 is 0. The van der Waals surface area contributed by atoms with Gasteiger partial charge in [-0.3, -0.25) is 9.78 Å². The van der Waals surface area contributed by atoms with Crippen LogP contribution in [0.15, 0.2) is 30.5 Å². The number of benzene rings is 1. The van der Waals surface area contributed by atoms with Crippen LogP contribution < -0.4 is 0 Å². The number of piperidine rings is 1. The molecule has 1 saturated heterocycles. The maximum atomic E-state index is 12.4. The van der Waals surface area contributed by atoms with E-state index in [-0.39, 0.29) is 5.91 Å². The summed E-state index contributed by atoms with van der Waals surface area (Å²) in [5.74, 6) is 0.442. The Kier molecular flexibility index (Phi) is 3.15. The van der Waals surface area contributed by atoms with Gasteiger partial charge in [-0.25, -0.2) is 4.98 Å². The van der Waals surface area contributed by atoms with Crippen molar-refractivity contribution < 1.29 is 4.79 Å². The summed E-state index contributed by atoms with van der Waals surface area (Å²) < 4.78 is 0. The lowest BCUT2D eigenvalue weighted by Gasteiger charge is -2.29. The topological polar surface area (TPSA) is 46.1 Å². The minimum Gasteiger partial charge on any atom is -0.337 e. The fraction of sp³-hybridized carbons (Fsp3) is 0.333. The van der Waals surface area contributed by atoms with Crippen molar-refractivity contribution in [3.05, 3.63) is 43.1 Å². The van der Waals surface area contributed by atoms with Crippen LogP contribution in [0.25, 0.3) is 11.0 Å². The highest BCUT2D eigenvalue weighted by molar-refractivity contribution is 5.93. The molecule has 0 N–H and O–H groups in total. The van der Waals surface area contributed by atoms with Crippen LogP contribution in [0.5, 0.6) is 0 Å². The third-order valence-electron chi connectivity index (χ3n) is 3.57. The number of aromatic nitrogens is 2. The van der Waals surface area contributed by atoms with Crippen LogP contribution in [0.4, 0.5) is 0 Å². The molecule has 0 aliphatic carbocycles. The van der Waals surface area contributed by atoms with E-state index in [9.17, 15) is 4.79 Å². The summed E-state index contributed by atoms with van der Waals surface area (Å²) in [6.07, 6.45) is 3.50. The van der Waals surface area contributed by atoms with E-state index in [1.54, 1.807) is 6.20 Å². The van der Waals surface area contributed by atoms with E-state index in [0.29, 0.717) is 11.6 Å². The molecule has 4 heteroatoms. The molecule has 1 fully saturated rings. The second-order valence-electron chi connectivity index (χ2n) is 4.98. The first-order chi connectivity index (χ1) is 9.24. The zero-order valence-corrected chi connectivity index (χ0v) is 10.7. The van der Waals surface area contributed by atoms with E-state index in [0.717, 1.165) is 37.0 Å². The minimum absolute atomic E-state index is 0.0230. The normalized spacial score (nSPS) is 16.8. The lowest BCUT2D eigenvalue weighted by Crippen LogP contribution is -2.38. The Morgan fingerprint density at radius 1 is 1.21 bits per heavy atom. The number of amides is 1. The van der Waals surface area contributed by atoms with E-state index < -0.39 is 0 Å². The van der Waals surface area contributed by atoms with Gasteiger partial charge in [-0.1, -0.05) is 19.1 Å². The highest BCUT2D eigenvalue weighted by Crippen LogP contribution is 2.18. The molecule has 2 heterocycles. The summed E-state index contributed by atoms with van der Waals surface area (Å²) in [6.45, 7) is 5.57. The minimum atomic E-state index is -0.0230. The highest BCUT2D eigenvalue weighted by atomic mass is 16.2. The molecule has 1 aliphatic heterocycles. The lowest BCUT2D eigenvalue weighted by atomic mass is 9.99. The predicted octanol–water partition coefficient (Wildman–Crippen LogP) is 2.32. The molecule has 1 radical (unpaired) electrons. The van der Waals surface area contributed by atoms with E-state index in [1.807, 2.05) is 29.2 Å². The molecular weight excluding hydrogens is 238 g/mol.